The van der Waals surface area contributed by atoms with Crippen LogP contribution >= 0.6 is 11.3 Å². The van der Waals surface area contributed by atoms with Crippen molar-refractivity contribution < 1.29 is 22.7 Å². The number of rotatable bonds is 3. The third kappa shape index (κ3) is 4.15. The number of nitrogens with zero attached hydrogens (tertiary/aromatic N) is 2. The number of nitrogens with one attached hydrogen (secondary N) is 1. The average Bonchev–Trinajstić information content (AvgIpc) is 2.97. The van der Waals surface area contributed by atoms with Crippen LogP contribution in [0.4, 0.5) is 23.1 Å². The maximum absolute atomic E-state index is 12.8. The maximum Gasteiger partial charge on any atom is 0.416 e. The van der Waals surface area contributed by atoms with Crippen molar-refractivity contribution >= 4 is 32.8 Å². The molecule has 1 saturated heterocycles. The van der Waals surface area contributed by atoms with E-state index in [-0.39, 0.29) is 6.04 Å². The molecule has 0 saturated carbocycles. The van der Waals surface area contributed by atoms with E-state index >= 15 is 0 Å². The van der Waals surface area contributed by atoms with Gasteiger partial charge >= 0.3 is 12.3 Å². The molecule has 2 aromatic rings. The summed E-state index contributed by atoms with van der Waals surface area (Å²) in [5.74, 6) is 0. The lowest BCUT2D eigenvalue weighted by Gasteiger charge is -2.32. The van der Waals surface area contributed by atoms with Gasteiger partial charge in [-0.3, -0.25) is 0 Å². The molecule has 3 rings (SSSR count). The molecule has 1 atom stereocenters. The zero-order valence-corrected chi connectivity index (χ0v) is 14.4. The molecule has 0 spiro atoms. The normalized spacial score (nSPS) is 18.4. The highest BCUT2D eigenvalue weighted by Crippen LogP contribution is 2.35. The Morgan fingerprint density at radius 2 is 2.28 bits per heavy atom. The zero-order valence-electron chi connectivity index (χ0n) is 13.6. The van der Waals surface area contributed by atoms with E-state index in [4.69, 9.17) is 4.74 Å². The van der Waals surface area contributed by atoms with Gasteiger partial charge in [-0.15, -0.1) is 0 Å². The number of aromatic nitrogens is 1. The van der Waals surface area contributed by atoms with E-state index < -0.39 is 17.8 Å². The van der Waals surface area contributed by atoms with Crippen molar-refractivity contribution in [1.82, 2.24) is 10.3 Å². The Bertz CT molecular complexity index is 763. The van der Waals surface area contributed by atoms with Crippen molar-refractivity contribution in [1.29, 1.82) is 0 Å². The van der Waals surface area contributed by atoms with Crippen LogP contribution in [0.25, 0.3) is 10.2 Å². The minimum atomic E-state index is -4.38. The lowest BCUT2D eigenvalue weighted by atomic mass is 10.1. The fraction of sp³-hybridized carbons (Fsp3) is 0.500. The lowest BCUT2D eigenvalue weighted by molar-refractivity contribution is -0.137. The Balaban J connectivity index is 1.75. The molecule has 1 aromatic carbocycles. The highest BCUT2D eigenvalue weighted by atomic mass is 32.1. The van der Waals surface area contributed by atoms with E-state index in [2.05, 4.69) is 10.3 Å². The van der Waals surface area contributed by atoms with Crippen LogP contribution < -0.4 is 10.2 Å². The van der Waals surface area contributed by atoms with E-state index in [1.54, 1.807) is 6.92 Å². The summed E-state index contributed by atoms with van der Waals surface area (Å²) in [6.07, 6.45) is -3.13. The van der Waals surface area contributed by atoms with Crippen LogP contribution in [-0.4, -0.2) is 36.8 Å². The van der Waals surface area contributed by atoms with Gasteiger partial charge in [-0.05, 0) is 38.0 Å². The number of fused-ring (bicyclic) bond motifs is 1. The minimum absolute atomic E-state index is 0.0643. The number of carbonyl (C=O) groups excluding carboxylic acids is 1. The first-order valence-corrected chi connectivity index (χ1v) is 8.84. The van der Waals surface area contributed by atoms with Crippen LogP contribution in [0.15, 0.2) is 18.2 Å². The zero-order chi connectivity index (χ0) is 18.0. The van der Waals surface area contributed by atoms with Gasteiger partial charge in [0.05, 0.1) is 22.4 Å². The Morgan fingerprint density at radius 1 is 1.48 bits per heavy atom. The molecule has 1 fully saturated rings. The number of anilines is 1. The number of hydrogen-bond donors (Lipinski definition) is 1. The van der Waals surface area contributed by atoms with Gasteiger partial charge in [0.15, 0.2) is 5.13 Å². The molecule has 1 unspecified atom stereocenters. The number of alkyl halides is 3. The maximum atomic E-state index is 12.8. The molecule has 0 radical (unpaired) electrons. The number of alkyl carbamates (subject to hydrolysis) is 1. The number of benzene rings is 1. The van der Waals surface area contributed by atoms with Gasteiger partial charge < -0.3 is 15.0 Å². The van der Waals surface area contributed by atoms with E-state index in [1.807, 2.05) is 4.90 Å². The number of hydrogen-bond acceptors (Lipinski definition) is 5. The fourth-order valence-corrected chi connectivity index (χ4v) is 3.82. The van der Waals surface area contributed by atoms with Crippen LogP contribution in [0.2, 0.25) is 0 Å². The summed E-state index contributed by atoms with van der Waals surface area (Å²) in [7, 11) is 0. The first-order valence-electron chi connectivity index (χ1n) is 8.03. The second-order valence-electron chi connectivity index (χ2n) is 5.83. The van der Waals surface area contributed by atoms with Gasteiger partial charge in [-0.25, -0.2) is 9.78 Å². The van der Waals surface area contributed by atoms with Crippen LogP contribution in [0.5, 0.6) is 0 Å². The largest absolute Gasteiger partial charge is 0.450 e. The smallest absolute Gasteiger partial charge is 0.416 e. The first kappa shape index (κ1) is 17.8. The highest BCUT2D eigenvalue weighted by molar-refractivity contribution is 7.22. The van der Waals surface area contributed by atoms with Crippen molar-refractivity contribution in [2.45, 2.75) is 32.0 Å². The molecular weight excluding hydrogens is 355 g/mol. The molecule has 25 heavy (non-hydrogen) atoms. The third-order valence-electron chi connectivity index (χ3n) is 3.99. The summed E-state index contributed by atoms with van der Waals surface area (Å²) in [6, 6.07) is 3.54. The Labute approximate surface area is 146 Å². The Morgan fingerprint density at radius 3 is 3.00 bits per heavy atom. The molecule has 1 aromatic heterocycles. The Kier molecular flexibility index (Phi) is 5.03. The fourth-order valence-electron chi connectivity index (χ4n) is 2.83. The van der Waals surface area contributed by atoms with Crippen LogP contribution in [0.3, 0.4) is 0 Å². The molecule has 136 valence electrons. The summed E-state index contributed by atoms with van der Waals surface area (Å²) >= 11 is 1.36. The summed E-state index contributed by atoms with van der Waals surface area (Å²) in [5, 5.41) is 3.48. The number of carbonyl (C=O) groups is 1. The van der Waals surface area contributed by atoms with Crippen LogP contribution in [-0.2, 0) is 10.9 Å². The second kappa shape index (κ2) is 7.07. The van der Waals surface area contributed by atoms with Crippen molar-refractivity contribution in [3.8, 4) is 0 Å². The number of halogens is 3. The van der Waals surface area contributed by atoms with Gasteiger partial charge in [0.1, 0.15) is 0 Å². The van der Waals surface area contributed by atoms with Crippen molar-refractivity contribution in [2.75, 3.05) is 24.6 Å². The lowest BCUT2D eigenvalue weighted by Crippen LogP contribution is -2.48. The molecular formula is C16H18F3N3O2S. The average molecular weight is 373 g/mol. The first-order chi connectivity index (χ1) is 11.9. The molecule has 1 amide bonds. The van der Waals surface area contributed by atoms with Crippen molar-refractivity contribution in [2.24, 2.45) is 0 Å². The Hall–Kier alpha value is -2.03. The van der Waals surface area contributed by atoms with E-state index in [0.29, 0.717) is 28.5 Å². The standard InChI is InChI=1S/C16H18F3N3O2S/c1-2-24-15(23)20-11-4-3-7-22(9-11)14-21-12-8-10(16(17,18)19)5-6-13(12)25-14/h5-6,8,11H,2-4,7,9H2,1H3,(H,20,23). The minimum Gasteiger partial charge on any atom is -0.450 e. The SMILES string of the molecule is CCOC(=O)NC1CCCN(c2nc3cc(C(F)(F)F)ccc3s2)C1. The highest BCUT2D eigenvalue weighted by Gasteiger charge is 2.31. The summed E-state index contributed by atoms with van der Waals surface area (Å²) in [4.78, 5) is 17.9. The predicted octanol–water partition coefficient (Wildman–Crippen LogP) is 4.03. The number of piperidine rings is 1. The molecule has 9 heteroatoms. The summed E-state index contributed by atoms with van der Waals surface area (Å²) in [5.41, 5.74) is -0.354. The van der Waals surface area contributed by atoms with Crippen LogP contribution in [0, 0.1) is 0 Å². The van der Waals surface area contributed by atoms with Gasteiger partial charge in [0.2, 0.25) is 0 Å². The van der Waals surface area contributed by atoms with Gasteiger partial charge in [0.25, 0.3) is 0 Å². The number of ether oxygens (including phenoxy) is 1. The van der Waals surface area contributed by atoms with Crippen LogP contribution in [0.1, 0.15) is 25.3 Å². The summed E-state index contributed by atoms with van der Waals surface area (Å²) < 4.78 is 44.1. The van der Waals surface area contributed by atoms with Crippen molar-refractivity contribution in [3.63, 3.8) is 0 Å². The molecule has 1 N–H and O–H groups in total. The van der Waals surface area contributed by atoms with E-state index in [1.165, 1.54) is 17.4 Å². The number of amides is 1. The van der Waals surface area contributed by atoms with Gasteiger partial charge in [-0.2, -0.15) is 13.2 Å². The topological polar surface area (TPSA) is 54.5 Å². The second-order valence-corrected chi connectivity index (χ2v) is 6.84. The summed E-state index contributed by atoms with van der Waals surface area (Å²) in [6.45, 7) is 3.36. The molecule has 1 aliphatic heterocycles. The predicted molar refractivity (Wildman–Crippen MR) is 90.0 cm³/mol. The van der Waals surface area contributed by atoms with Crippen molar-refractivity contribution in [3.05, 3.63) is 23.8 Å². The monoisotopic (exact) mass is 373 g/mol. The number of thiazole rings is 1. The molecule has 1 aliphatic rings. The molecule has 0 bridgehead atoms. The third-order valence-corrected chi connectivity index (χ3v) is 5.09. The quantitative estimate of drug-likeness (QED) is 0.883. The molecule has 2 heterocycles. The van der Waals surface area contributed by atoms with Gasteiger partial charge in [0, 0.05) is 19.1 Å². The van der Waals surface area contributed by atoms with E-state index in [0.717, 1.165) is 31.5 Å². The molecule has 0 aliphatic carbocycles. The van der Waals surface area contributed by atoms with Gasteiger partial charge in [-0.1, -0.05) is 11.3 Å². The van der Waals surface area contributed by atoms with E-state index in [9.17, 15) is 18.0 Å². The molecule has 5 nitrogen and oxygen atoms in total.